The van der Waals surface area contributed by atoms with Crippen molar-refractivity contribution in [1.82, 2.24) is 3.80 Å². The minimum absolute atomic E-state index is 0. The van der Waals surface area contributed by atoms with E-state index in [1.54, 1.807) is 0 Å². The van der Waals surface area contributed by atoms with Gasteiger partial charge in [-0.1, -0.05) is 0 Å². The van der Waals surface area contributed by atoms with Crippen molar-refractivity contribution >= 4 is 39.0 Å². The van der Waals surface area contributed by atoms with Gasteiger partial charge in [0.2, 0.25) is 0 Å². The van der Waals surface area contributed by atoms with Gasteiger partial charge in [0.25, 0.3) is 0 Å². The summed E-state index contributed by atoms with van der Waals surface area (Å²) in [7, 11) is 0. The van der Waals surface area contributed by atoms with E-state index in [1.165, 1.54) is 88.8 Å². The molecule has 1 amide bonds. The van der Waals surface area contributed by atoms with Crippen LogP contribution in [-0.4, -0.2) is 16.9 Å². The average Bonchev–Trinajstić information content (AvgIpc) is 3.28. The first kappa shape index (κ1) is 25.5. The van der Waals surface area contributed by atoms with Crippen LogP contribution in [0.5, 0.6) is 0 Å². The normalized spacial score (nSPS) is 19.6. The van der Waals surface area contributed by atoms with E-state index in [0.717, 1.165) is 12.8 Å². The van der Waals surface area contributed by atoms with Crippen molar-refractivity contribution < 1.29 is 21.6 Å². The van der Waals surface area contributed by atoms with Crippen LogP contribution in [0.15, 0.2) is 23.8 Å². The predicted molar refractivity (Wildman–Crippen MR) is 142 cm³/mol. The van der Waals surface area contributed by atoms with E-state index in [0.29, 0.717) is 5.91 Å². The van der Waals surface area contributed by atoms with Crippen LogP contribution in [0.4, 0.5) is 0 Å². The van der Waals surface area contributed by atoms with E-state index < -0.39 is 16.8 Å². The van der Waals surface area contributed by atoms with Gasteiger partial charge in [0, 0.05) is 0 Å². The first-order chi connectivity index (χ1) is 15.0. The van der Waals surface area contributed by atoms with Gasteiger partial charge in [-0.3, -0.25) is 0 Å². The van der Waals surface area contributed by atoms with Crippen LogP contribution in [-0.2, 0) is 21.6 Å². The largest absolute Gasteiger partial charge is 0.0149 e. The van der Waals surface area contributed by atoms with Gasteiger partial charge in [0.15, 0.2) is 0 Å². The van der Waals surface area contributed by atoms with Gasteiger partial charge in [-0.25, -0.2) is 0 Å². The van der Waals surface area contributed by atoms with Gasteiger partial charge in [-0.2, -0.15) is 0 Å². The second-order valence-corrected chi connectivity index (χ2v) is 16.6. The second kappa shape index (κ2) is 11.3. The fourth-order valence-corrected chi connectivity index (χ4v) is 10.3. The third kappa shape index (κ3) is 5.85. The molecule has 0 aliphatic heterocycles. The Morgan fingerprint density at radius 3 is 2.12 bits per heavy atom. The molecule has 3 aliphatic rings. The van der Waals surface area contributed by atoms with Crippen LogP contribution >= 0.6 is 0 Å². The fourth-order valence-electron chi connectivity index (χ4n) is 5.78. The molecule has 0 atom stereocenters. The van der Waals surface area contributed by atoms with Crippen LogP contribution in [0.2, 0.25) is 10.5 Å². The van der Waals surface area contributed by atoms with E-state index >= 15 is 0 Å². The zero-order valence-corrected chi connectivity index (χ0v) is 21.3. The Morgan fingerprint density at radius 2 is 1.50 bits per heavy atom. The molecule has 1 aromatic rings. The summed E-state index contributed by atoms with van der Waals surface area (Å²) in [6, 6.07) is 4.66. The maximum Gasteiger partial charge on any atom is -0.0149 e. The molecule has 0 aromatic heterocycles. The molecule has 0 unspecified atom stereocenters. The Hall–Kier alpha value is -1.16. The summed E-state index contributed by atoms with van der Waals surface area (Å²) in [5, 5.41) is 7.40. The number of rotatable bonds is 3. The third-order valence-electron chi connectivity index (χ3n) is 7.38. The Balaban J connectivity index is 0.00000289. The standard InChI is InChI=1S/C13H25NO.C13H9.2CH3.H4Si.Ti/c14-13(15)12-10-8-6-4-2-1-3-5-7-9-11-12;1-9-5-12-7-10-3-2-4-11(10)8-13(12)6-9;;;;/h12H,1-11H2,(H2,14,15);2-5,7-8H,1H3;2*1H3;1H4;/q;;;;;+1/p-1. The SMILES string of the molecule is CC1=Cc2cc3c(cc2=[C]1[Ti]([CH3])([CH3])[NH]C(=O)C1CCCCCCCCCCC1)C=CC=3.[SiH4]. The van der Waals surface area contributed by atoms with Crippen molar-refractivity contribution in [3.05, 3.63) is 45.3 Å². The summed E-state index contributed by atoms with van der Waals surface area (Å²) in [4.78, 5) is 13.5. The smallest absolute Gasteiger partial charge is 0.0149 e. The molecule has 2 nitrogen and oxygen atoms in total. The molecule has 3 aliphatic carbocycles. The molecule has 0 saturated heterocycles. The van der Waals surface area contributed by atoms with Crippen LogP contribution in [0.1, 0.15) is 88.7 Å². The number of nitrogens with one attached hydrogen (secondary N) is 1. The summed E-state index contributed by atoms with van der Waals surface area (Å²) in [5.74, 6) is 0.540. The molecular formula is C28H43NOSiTi. The third-order valence-corrected chi connectivity index (χ3v) is 11.7. The van der Waals surface area contributed by atoms with Crippen molar-refractivity contribution in [2.24, 2.45) is 5.92 Å². The average molecular weight is 486 g/mol. The van der Waals surface area contributed by atoms with Crippen molar-refractivity contribution in [2.75, 3.05) is 0 Å². The molecule has 174 valence electrons. The fraction of sp³-hybridized carbons (Fsp3) is 0.536. The van der Waals surface area contributed by atoms with Gasteiger partial charge in [-0.05, 0) is 11.0 Å². The van der Waals surface area contributed by atoms with Gasteiger partial charge in [-0.15, -0.1) is 0 Å². The molecule has 0 spiro atoms. The quantitative estimate of drug-likeness (QED) is 0.614. The monoisotopic (exact) mass is 485 g/mol. The Kier molecular flexibility index (Phi) is 9.00. The zero-order valence-electron chi connectivity index (χ0n) is 19.7. The molecule has 1 aromatic carbocycles. The summed E-state index contributed by atoms with van der Waals surface area (Å²) in [6.45, 7) is 2.23. The van der Waals surface area contributed by atoms with E-state index in [1.807, 2.05) is 0 Å². The maximum absolute atomic E-state index is 13.5. The van der Waals surface area contributed by atoms with Gasteiger partial charge in [0.05, 0.1) is 0 Å². The molecule has 0 heterocycles. The van der Waals surface area contributed by atoms with E-state index in [2.05, 4.69) is 57.6 Å². The van der Waals surface area contributed by atoms with Crippen LogP contribution in [0.25, 0.3) is 22.1 Å². The Bertz CT molecular complexity index is 1010. The number of amides is 1. The summed E-state index contributed by atoms with van der Waals surface area (Å²) in [5.41, 5.74) is 3.99. The van der Waals surface area contributed by atoms with Gasteiger partial charge < -0.3 is 0 Å². The number of allylic oxidation sites excluding steroid dienone is 2. The maximum atomic E-state index is 13.5. The number of fused-ring (bicyclic) bond motifs is 2. The van der Waals surface area contributed by atoms with E-state index in [4.69, 9.17) is 0 Å². The molecule has 1 fully saturated rings. The molecular weight excluding hydrogens is 442 g/mol. The predicted octanol–water partition coefficient (Wildman–Crippen LogP) is 4.77. The minimum Gasteiger partial charge on any atom is -0.0149 e. The first-order valence-corrected chi connectivity index (χ1v) is 17.2. The minimum atomic E-state index is -2.73. The van der Waals surface area contributed by atoms with Crippen LogP contribution < -0.4 is 14.2 Å². The van der Waals surface area contributed by atoms with Crippen molar-refractivity contribution in [3.8, 4) is 0 Å². The molecule has 0 radical (unpaired) electrons. The van der Waals surface area contributed by atoms with E-state index in [-0.39, 0.29) is 16.9 Å². The molecule has 0 bridgehead atoms. The number of carbonyl (C=O) groups excluding carboxylic acids is 1. The van der Waals surface area contributed by atoms with Crippen molar-refractivity contribution in [1.29, 1.82) is 0 Å². The molecule has 32 heavy (non-hydrogen) atoms. The van der Waals surface area contributed by atoms with Crippen molar-refractivity contribution in [2.45, 2.75) is 88.0 Å². The Morgan fingerprint density at radius 1 is 0.906 bits per heavy atom. The summed E-state index contributed by atoms with van der Waals surface area (Å²) < 4.78 is 5.12. The van der Waals surface area contributed by atoms with E-state index in [9.17, 15) is 4.79 Å². The van der Waals surface area contributed by atoms with Crippen LogP contribution in [0.3, 0.4) is 0 Å². The first-order valence-electron chi connectivity index (χ1n) is 12.5. The van der Waals surface area contributed by atoms with Gasteiger partial charge in [0.1, 0.15) is 0 Å². The number of hydrogen-bond acceptors (Lipinski definition) is 1. The summed E-state index contributed by atoms with van der Waals surface area (Å²) >= 11 is -2.73. The zero-order chi connectivity index (χ0) is 21.8. The topological polar surface area (TPSA) is 29.1 Å². The summed E-state index contributed by atoms with van der Waals surface area (Å²) in [6.07, 6.45) is 22.8. The van der Waals surface area contributed by atoms with Gasteiger partial charge >= 0.3 is 193 Å². The molecule has 1 saturated carbocycles. The second-order valence-electron chi connectivity index (χ2n) is 10.4. The van der Waals surface area contributed by atoms with Crippen LogP contribution in [0, 0.1) is 5.92 Å². The molecule has 1 N–H and O–H groups in total. The Labute approximate surface area is 203 Å². The van der Waals surface area contributed by atoms with Crippen molar-refractivity contribution in [3.63, 3.8) is 0 Å². The number of benzene rings is 1. The number of hydrogen-bond donors (Lipinski definition) is 1. The molecule has 4 heteroatoms. The number of carbonyl (C=O) groups is 1. The molecule has 4 rings (SSSR count).